The number of aryl methyl sites for hydroxylation is 1. The van der Waals surface area contributed by atoms with Crippen molar-refractivity contribution in [1.82, 2.24) is 0 Å². The van der Waals surface area contributed by atoms with Crippen molar-refractivity contribution >= 4 is 34.4 Å². The third-order valence-electron chi connectivity index (χ3n) is 5.37. The van der Waals surface area contributed by atoms with Crippen LogP contribution in [-0.2, 0) is 16.0 Å². The van der Waals surface area contributed by atoms with Gasteiger partial charge in [-0.2, -0.15) is 0 Å². The number of carbonyl (C=O) groups is 1. The van der Waals surface area contributed by atoms with Crippen molar-refractivity contribution < 1.29 is 9.53 Å². The number of benzene rings is 1. The maximum atomic E-state index is 13.0. The molecule has 0 N–H and O–H groups in total. The van der Waals surface area contributed by atoms with Crippen molar-refractivity contribution in [1.29, 1.82) is 0 Å². The summed E-state index contributed by atoms with van der Waals surface area (Å²) in [7, 11) is 1.68. The number of carbonyl (C=O) groups excluding carboxylic acids is 1. The Morgan fingerprint density at radius 2 is 2.04 bits per heavy atom. The highest BCUT2D eigenvalue weighted by molar-refractivity contribution is 7.12. The van der Waals surface area contributed by atoms with Crippen molar-refractivity contribution in [3.63, 3.8) is 0 Å². The Bertz CT molecular complexity index is 884. The SMILES string of the molecule is COC[C@@H]1C[C@]12N=C(c1ccc(Cl)cc1)c1c(sc(C)c1C)CC2=O. The van der Waals surface area contributed by atoms with Crippen LogP contribution in [0.3, 0.4) is 0 Å². The Kier molecular flexibility index (Phi) is 4.10. The van der Waals surface area contributed by atoms with Crippen molar-refractivity contribution in [3.8, 4) is 0 Å². The lowest BCUT2D eigenvalue weighted by Crippen LogP contribution is -2.26. The lowest BCUT2D eigenvalue weighted by molar-refractivity contribution is -0.120. The third-order valence-corrected chi connectivity index (χ3v) is 6.83. The number of hydrogen-bond donors (Lipinski definition) is 0. The van der Waals surface area contributed by atoms with E-state index in [9.17, 15) is 4.79 Å². The van der Waals surface area contributed by atoms with Gasteiger partial charge in [0, 0.05) is 45.4 Å². The fourth-order valence-electron chi connectivity index (χ4n) is 3.76. The minimum Gasteiger partial charge on any atom is -0.384 e. The highest BCUT2D eigenvalue weighted by atomic mass is 35.5. The Balaban J connectivity index is 1.91. The fourth-order valence-corrected chi connectivity index (χ4v) is 5.06. The van der Waals surface area contributed by atoms with Crippen molar-refractivity contribution in [3.05, 3.63) is 55.7 Å². The van der Waals surface area contributed by atoms with Crippen LogP contribution in [0, 0.1) is 19.8 Å². The molecule has 2 atom stereocenters. The molecule has 25 heavy (non-hydrogen) atoms. The summed E-state index contributed by atoms with van der Waals surface area (Å²) in [6.07, 6.45) is 1.25. The minimum atomic E-state index is -0.607. The summed E-state index contributed by atoms with van der Waals surface area (Å²) in [6, 6.07) is 7.75. The predicted octanol–water partition coefficient (Wildman–Crippen LogP) is 4.39. The average Bonchev–Trinajstić information content (AvgIpc) is 3.23. The molecule has 5 heteroatoms. The summed E-state index contributed by atoms with van der Waals surface area (Å²) in [5.74, 6) is 0.406. The molecule has 1 aliphatic carbocycles. The van der Waals surface area contributed by atoms with Gasteiger partial charge in [-0.15, -0.1) is 11.3 Å². The zero-order chi connectivity index (χ0) is 17.8. The van der Waals surface area contributed by atoms with Crippen LogP contribution >= 0.6 is 22.9 Å². The zero-order valence-electron chi connectivity index (χ0n) is 14.6. The summed E-state index contributed by atoms with van der Waals surface area (Å²) in [4.78, 5) is 20.5. The van der Waals surface area contributed by atoms with Gasteiger partial charge in [0.05, 0.1) is 12.3 Å². The van der Waals surface area contributed by atoms with Crippen molar-refractivity contribution in [2.45, 2.75) is 32.2 Å². The van der Waals surface area contributed by atoms with Gasteiger partial charge in [0.25, 0.3) is 0 Å². The number of fused-ring (bicyclic) bond motifs is 1. The van der Waals surface area contributed by atoms with Crippen LogP contribution < -0.4 is 0 Å². The first kappa shape index (κ1) is 17.0. The van der Waals surface area contributed by atoms with Gasteiger partial charge in [0.15, 0.2) is 5.78 Å². The number of halogens is 1. The minimum absolute atomic E-state index is 0.183. The molecule has 1 aromatic heterocycles. The zero-order valence-corrected chi connectivity index (χ0v) is 16.1. The summed E-state index contributed by atoms with van der Waals surface area (Å²) >= 11 is 7.79. The first-order valence-corrected chi connectivity index (χ1v) is 9.63. The maximum Gasteiger partial charge on any atom is 0.165 e. The Morgan fingerprint density at radius 3 is 2.72 bits per heavy atom. The average molecular weight is 374 g/mol. The van der Waals surface area contributed by atoms with Gasteiger partial charge in [0.1, 0.15) is 5.54 Å². The second-order valence-electron chi connectivity index (χ2n) is 6.93. The van der Waals surface area contributed by atoms with E-state index in [1.165, 1.54) is 10.4 Å². The van der Waals surface area contributed by atoms with Gasteiger partial charge in [-0.25, -0.2) is 0 Å². The van der Waals surface area contributed by atoms with Crippen LogP contribution in [0.2, 0.25) is 5.02 Å². The molecule has 0 amide bonds. The number of aliphatic imine (C=N–C) groups is 1. The van der Waals surface area contributed by atoms with Crippen LogP contribution in [-0.4, -0.2) is 30.8 Å². The number of nitrogens with zero attached hydrogens (tertiary/aromatic N) is 1. The standard InChI is InChI=1S/C20H20ClNO2S/c1-11-12(2)25-16-8-17(23)20(9-14(20)10-24-3)22-19(18(11)16)13-4-6-15(21)7-5-13/h4-7,14H,8-10H2,1-3H3/t14-,20-/m0/s1. The van der Waals surface area contributed by atoms with E-state index in [1.807, 2.05) is 24.3 Å². The highest BCUT2D eigenvalue weighted by Crippen LogP contribution is 2.51. The number of Topliss-reactive ketones (excluding diaryl/α,β-unsaturated/α-hetero) is 1. The van der Waals surface area contributed by atoms with Gasteiger partial charge >= 0.3 is 0 Å². The van der Waals surface area contributed by atoms with Crippen LogP contribution in [0.25, 0.3) is 0 Å². The highest BCUT2D eigenvalue weighted by Gasteiger charge is 2.60. The van der Waals surface area contributed by atoms with Crippen molar-refractivity contribution in [2.24, 2.45) is 10.9 Å². The molecule has 1 aliphatic heterocycles. The number of methoxy groups -OCH3 is 1. The molecule has 2 heterocycles. The van der Waals surface area contributed by atoms with Crippen LogP contribution in [0.1, 0.15) is 32.9 Å². The quantitative estimate of drug-likeness (QED) is 0.800. The summed E-state index contributed by atoms with van der Waals surface area (Å²) in [5.41, 5.74) is 3.70. The molecule has 2 aromatic rings. The fraction of sp³-hybridized carbons (Fsp3) is 0.400. The molecular weight excluding hydrogens is 354 g/mol. The Labute approximate surface area is 156 Å². The Morgan fingerprint density at radius 1 is 1.32 bits per heavy atom. The molecule has 1 aromatic carbocycles. The molecule has 1 spiro atoms. The topological polar surface area (TPSA) is 38.7 Å². The van der Waals surface area contributed by atoms with E-state index < -0.39 is 5.54 Å². The van der Waals surface area contributed by atoms with Crippen molar-refractivity contribution in [2.75, 3.05) is 13.7 Å². The van der Waals surface area contributed by atoms with Crippen LogP contribution in [0.4, 0.5) is 0 Å². The van der Waals surface area contributed by atoms with Gasteiger partial charge < -0.3 is 4.74 Å². The smallest absolute Gasteiger partial charge is 0.165 e. The molecule has 0 bridgehead atoms. The lowest BCUT2D eigenvalue weighted by atomic mass is 9.98. The van der Waals surface area contributed by atoms with Gasteiger partial charge in [-0.05, 0) is 38.0 Å². The largest absolute Gasteiger partial charge is 0.384 e. The Hall–Kier alpha value is -1.49. The predicted molar refractivity (Wildman–Crippen MR) is 102 cm³/mol. The van der Waals surface area contributed by atoms with E-state index in [2.05, 4.69) is 13.8 Å². The monoisotopic (exact) mass is 373 g/mol. The molecule has 2 aliphatic rings. The molecule has 130 valence electrons. The molecule has 1 saturated carbocycles. The molecule has 3 nitrogen and oxygen atoms in total. The summed E-state index contributed by atoms with van der Waals surface area (Å²) < 4.78 is 5.30. The van der Waals surface area contributed by atoms with E-state index >= 15 is 0 Å². The van der Waals surface area contributed by atoms with Gasteiger partial charge in [-0.3, -0.25) is 9.79 Å². The van der Waals surface area contributed by atoms with E-state index in [0.29, 0.717) is 18.1 Å². The summed E-state index contributed by atoms with van der Waals surface area (Å²) in [6.45, 7) is 4.81. The molecule has 1 fully saturated rings. The maximum absolute atomic E-state index is 13.0. The van der Waals surface area contributed by atoms with Gasteiger partial charge in [-0.1, -0.05) is 23.7 Å². The third kappa shape index (κ3) is 2.67. The first-order chi connectivity index (χ1) is 12.0. The number of rotatable bonds is 3. The van der Waals surface area contributed by atoms with E-state index in [4.69, 9.17) is 21.3 Å². The van der Waals surface area contributed by atoms with Crippen LogP contribution in [0.5, 0.6) is 0 Å². The number of ketones is 1. The second-order valence-corrected chi connectivity index (χ2v) is 8.68. The summed E-state index contributed by atoms with van der Waals surface area (Å²) in [5, 5.41) is 0.700. The van der Waals surface area contributed by atoms with Crippen LogP contribution in [0.15, 0.2) is 29.3 Å². The molecular formula is C20H20ClNO2S. The van der Waals surface area contributed by atoms with Gasteiger partial charge in [0.2, 0.25) is 0 Å². The number of thiophene rings is 1. The number of ether oxygens (including phenoxy) is 1. The lowest BCUT2D eigenvalue weighted by Gasteiger charge is -2.12. The molecule has 0 unspecified atom stereocenters. The normalized spacial score (nSPS) is 24.9. The molecule has 0 radical (unpaired) electrons. The molecule has 4 rings (SSSR count). The van der Waals surface area contributed by atoms with E-state index in [1.54, 1.807) is 18.4 Å². The van der Waals surface area contributed by atoms with E-state index in [-0.39, 0.29) is 11.7 Å². The second kappa shape index (κ2) is 6.04. The number of hydrogen-bond acceptors (Lipinski definition) is 4. The van der Waals surface area contributed by atoms with E-state index in [0.717, 1.165) is 28.1 Å². The molecule has 0 saturated heterocycles. The first-order valence-electron chi connectivity index (χ1n) is 8.43.